The highest BCUT2D eigenvalue weighted by molar-refractivity contribution is 7.89. The number of nitrogens with zero attached hydrogens (tertiary/aromatic N) is 4. The number of hydrogen-bond acceptors (Lipinski definition) is 7. The highest BCUT2D eigenvalue weighted by Crippen LogP contribution is 2.23. The van der Waals surface area contributed by atoms with E-state index in [0.717, 1.165) is 5.56 Å². The first kappa shape index (κ1) is 17.4. The molecule has 0 radical (unpaired) electrons. The minimum Gasteiger partial charge on any atom is -0.407 e. The standard InChI is InChI=1S/C14H21N5O3S/c1-10(11-6-5-7-12(8-11)23(15,20)21)19(4)9-13-16-17-14(22-13)18(2)3/h5-8,10H,9H2,1-4H3,(H2,15,20,21). The molecule has 1 aromatic heterocycles. The number of primary sulfonamides is 1. The molecular weight excluding hydrogens is 318 g/mol. The van der Waals surface area contributed by atoms with Crippen LogP contribution >= 0.6 is 0 Å². The zero-order valence-electron chi connectivity index (χ0n) is 13.6. The van der Waals surface area contributed by atoms with Gasteiger partial charge in [-0.15, -0.1) is 5.10 Å². The van der Waals surface area contributed by atoms with E-state index < -0.39 is 10.0 Å². The van der Waals surface area contributed by atoms with Crippen LogP contribution in [0.15, 0.2) is 33.6 Å². The lowest BCUT2D eigenvalue weighted by atomic mass is 10.1. The number of sulfonamides is 1. The fourth-order valence-corrected chi connectivity index (χ4v) is 2.61. The predicted molar refractivity (Wildman–Crippen MR) is 86.3 cm³/mol. The van der Waals surface area contributed by atoms with Crippen molar-refractivity contribution in [2.45, 2.75) is 24.4 Å². The number of nitrogens with two attached hydrogens (primary N) is 1. The summed E-state index contributed by atoms with van der Waals surface area (Å²) >= 11 is 0. The van der Waals surface area contributed by atoms with E-state index >= 15 is 0 Å². The normalized spacial score (nSPS) is 13.3. The van der Waals surface area contributed by atoms with E-state index in [-0.39, 0.29) is 10.9 Å². The van der Waals surface area contributed by atoms with Crippen LogP contribution in [0.1, 0.15) is 24.4 Å². The molecule has 9 heteroatoms. The molecule has 1 unspecified atom stereocenters. The van der Waals surface area contributed by atoms with Crippen molar-refractivity contribution in [3.63, 3.8) is 0 Å². The van der Waals surface area contributed by atoms with Crippen molar-refractivity contribution in [3.8, 4) is 0 Å². The van der Waals surface area contributed by atoms with Gasteiger partial charge >= 0.3 is 6.01 Å². The van der Waals surface area contributed by atoms with Crippen LogP contribution in [0, 0.1) is 0 Å². The Balaban J connectivity index is 2.14. The molecule has 0 saturated carbocycles. The van der Waals surface area contributed by atoms with Gasteiger partial charge in [0.05, 0.1) is 11.4 Å². The molecule has 2 aromatic rings. The van der Waals surface area contributed by atoms with Gasteiger partial charge in [0.15, 0.2) is 0 Å². The van der Waals surface area contributed by atoms with Gasteiger partial charge < -0.3 is 9.32 Å². The van der Waals surface area contributed by atoms with Gasteiger partial charge in [-0.05, 0) is 31.7 Å². The lowest BCUT2D eigenvalue weighted by molar-refractivity contribution is 0.228. The molecule has 0 saturated heterocycles. The molecule has 1 aromatic carbocycles. The van der Waals surface area contributed by atoms with Gasteiger partial charge in [0, 0.05) is 20.1 Å². The van der Waals surface area contributed by atoms with Crippen molar-refractivity contribution in [1.82, 2.24) is 15.1 Å². The Morgan fingerprint density at radius 2 is 1.96 bits per heavy atom. The van der Waals surface area contributed by atoms with Crippen LogP contribution in [0.2, 0.25) is 0 Å². The summed E-state index contributed by atoms with van der Waals surface area (Å²) in [5, 5.41) is 13.1. The zero-order valence-corrected chi connectivity index (χ0v) is 14.4. The molecule has 0 fully saturated rings. The van der Waals surface area contributed by atoms with E-state index in [9.17, 15) is 8.42 Å². The van der Waals surface area contributed by atoms with Crippen LogP contribution in [-0.2, 0) is 16.6 Å². The van der Waals surface area contributed by atoms with Crippen LogP contribution in [0.25, 0.3) is 0 Å². The van der Waals surface area contributed by atoms with Gasteiger partial charge in [0.1, 0.15) is 0 Å². The van der Waals surface area contributed by atoms with E-state index in [2.05, 4.69) is 10.2 Å². The monoisotopic (exact) mass is 339 g/mol. The fraction of sp³-hybridized carbons (Fsp3) is 0.429. The first-order chi connectivity index (χ1) is 10.7. The maximum absolute atomic E-state index is 11.5. The van der Waals surface area contributed by atoms with Crippen molar-refractivity contribution in [3.05, 3.63) is 35.7 Å². The fourth-order valence-electron chi connectivity index (χ4n) is 2.05. The van der Waals surface area contributed by atoms with Crippen LogP contribution < -0.4 is 10.0 Å². The highest BCUT2D eigenvalue weighted by Gasteiger charge is 2.17. The smallest absolute Gasteiger partial charge is 0.317 e. The molecule has 0 bridgehead atoms. The lowest BCUT2D eigenvalue weighted by Crippen LogP contribution is -2.22. The maximum Gasteiger partial charge on any atom is 0.317 e. The summed E-state index contributed by atoms with van der Waals surface area (Å²) in [4.78, 5) is 3.81. The summed E-state index contributed by atoms with van der Waals surface area (Å²) in [5.74, 6) is 0.491. The van der Waals surface area contributed by atoms with Gasteiger partial charge in [-0.1, -0.05) is 17.2 Å². The van der Waals surface area contributed by atoms with Crippen LogP contribution in [0.3, 0.4) is 0 Å². The average molecular weight is 339 g/mol. The Bertz CT molecular complexity index is 772. The van der Waals surface area contributed by atoms with E-state index in [1.165, 1.54) is 6.07 Å². The Kier molecular flexibility index (Phi) is 5.03. The van der Waals surface area contributed by atoms with E-state index in [1.54, 1.807) is 17.0 Å². The van der Waals surface area contributed by atoms with E-state index in [1.807, 2.05) is 39.0 Å². The predicted octanol–water partition coefficient (Wildman–Crippen LogP) is 0.976. The van der Waals surface area contributed by atoms with Gasteiger partial charge in [-0.3, -0.25) is 4.90 Å². The molecule has 8 nitrogen and oxygen atoms in total. The molecule has 126 valence electrons. The molecule has 1 heterocycles. The topological polar surface area (TPSA) is 106 Å². The third kappa shape index (κ3) is 4.27. The summed E-state index contributed by atoms with van der Waals surface area (Å²) < 4.78 is 28.4. The number of benzene rings is 1. The van der Waals surface area contributed by atoms with Crippen LogP contribution in [0.5, 0.6) is 0 Å². The molecule has 0 aliphatic carbocycles. The van der Waals surface area contributed by atoms with Gasteiger partial charge in [0.25, 0.3) is 0 Å². The second-order valence-corrected chi connectivity index (χ2v) is 7.14. The molecular formula is C14H21N5O3S. The van der Waals surface area contributed by atoms with Gasteiger partial charge in [-0.2, -0.15) is 0 Å². The molecule has 1 atom stereocenters. The van der Waals surface area contributed by atoms with Crippen molar-refractivity contribution < 1.29 is 12.8 Å². The summed E-state index contributed by atoms with van der Waals surface area (Å²) in [5.41, 5.74) is 0.839. The van der Waals surface area contributed by atoms with Crippen LogP contribution in [0.4, 0.5) is 6.01 Å². The van der Waals surface area contributed by atoms with E-state index in [4.69, 9.17) is 9.56 Å². The average Bonchev–Trinajstić information content (AvgIpc) is 2.94. The summed E-state index contributed by atoms with van der Waals surface area (Å²) in [7, 11) is 1.83. The minimum absolute atomic E-state index is 0.0496. The Hall–Kier alpha value is -1.97. The summed E-state index contributed by atoms with van der Waals surface area (Å²) in [6.07, 6.45) is 0. The van der Waals surface area contributed by atoms with Crippen molar-refractivity contribution in [2.75, 3.05) is 26.0 Å². The highest BCUT2D eigenvalue weighted by atomic mass is 32.2. The SMILES string of the molecule is CC(c1cccc(S(N)(=O)=O)c1)N(C)Cc1nnc(N(C)C)o1. The quantitative estimate of drug-likeness (QED) is 0.836. The maximum atomic E-state index is 11.5. The minimum atomic E-state index is -3.71. The number of anilines is 1. The molecule has 2 N–H and O–H groups in total. The van der Waals surface area contributed by atoms with Crippen molar-refractivity contribution in [2.24, 2.45) is 5.14 Å². The first-order valence-electron chi connectivity index (χ1n) is 7.01. The third-order valence-electron chi connectivity index (χ3n) is 3.55. The van der Waals surface area contributed by atoms with Crippen molar-refractivity contribution in [1.29, 1.82) is 0 Å². The molecule has 0 spiro atoms. The van der Waals surface area contributed by atoms with Gasteiger partial charge in [-0.25, -0.2) is 13.6 Å². The Morgan fingerprint density at radius 1 is 1.26 bits per heavy atom. The molecule has 0 amide bonds. The Labute approximate surface area is 136 Å². The lowest BCUT2D eigenvalue weighted by Gasteiger charge is -2.23. The molecule has 23 heavy (non-hydrogen) atoms. The Morgan fingerprint density at radius 3 is 2.52 bits per heavy atom. The first-order valence-corrected chi connectivity index (χ1v) is 8.56. The number of rotatable bonds is 6. The zero-order chi connectivity index (χ0) is 17.2. The van der Waals surface area contributed by atoms with Crippen LogP contribution in [-0.4, -0.2) is 44.7 Å². The summed E-state index contributed by atoms with van der Waals surface area (Å²) in [6.45, 7) is 2.41. The second kappa shape index (κ2) is 6.65. The van der Waals surface area contributed by atoms with E-state index in [0.29, 0.717) is 18.5 Å². The summed E-state index contributed by atoms with van der Waals surface area (Å²) in [6, 6.07) is 6.98. The van der Waals surface area contributed by atoms with Gasteiger partial charge in [0.2, 0.25) is 15.9 Å². The largest absolute Gasteiger partial charge is 0.407 e. The van der Waals surface area contributed by atoms with Crippen molar-refractivity contribution >= 4 is 16.0 Å². The number of aromatic nitrogens is 2. The second-order valence-electron chi connectivity index (χ2n) is 5.58. The molecule has 2 rings (SSSR count). The molecule has 0 aliphatic heterocycles. The number of hydrogen-bond donors (Lipinski definition) is 1. The third-order valence-corrected chi connectivity index (χ3v) is 4.46. The molecule has 0 aliphatic rings.